The molecule has 1 aliphatic carbocycles. The molecule has 0 bridgehead atoms. The molecule has 0 aromatic heterocycles. The highest BCUT2D eigenvalue weighted by Crippen LogP contribution is 2.38. The first-order valence-corrected chi connectivity index (χ1v) is 12.7. The molecule has 2 fully saturated rings. The van der Waals surface area contributed by atoms with Crippen molar-refractivity contribution >= 4 is 29.2 Å². The van der Waals surface area contributed by atoms with E-state index < -0.39 is 0 Å². The summed E-state index contributed by atoms with van der Waals surface area (Å²) in [5, 5.41) is 6.13. The van der Waals surface area contributed by atoms with Gasteiger partial charge in [0.15, 0.2) is 0 Å². The lowest BCUT2D eigenvalue weighted by Crippen LogP contribution is -2.41. The molecule has 1 saturated carbocycles. The number of aliphatic imine (C=N–C) groups is 1. The maximum absolute atomic E-state index is 12.5. The number of likely N-dealkylation sites (tertiary alicyclic amines) is 1. The van der Waals surface area contributed by atoms with Gasteiger partial charge in [0, 0.05) is 35.7 Å². The standard InChI is InChI=1S/C28H38N6O/c1-20(32-26-7-3-6-24(29)18-26)31-15-12-27(30)23-8-10-25(11-9-23)33-28(35)19-34-16-13-22(14-17-34)21-4-2-5-21/h3,6-11,15,18,21-22,27,32H,1-2,4-5,12-14,16-17,19,29-30H2,(H,33,35). The van der Waals surface area contributed by atoms with Gasteiger partial charge in [-0.1, -0.05) is 44.0 Å². The average molecular weight is 475 g/mol. The number of benzene rings is 2. The Balaban J connectivity index is 1.17. The van der Waals surface area contributed by atoms with Crippen LogP contribution in [-0.2, 0) is 4.79 Å². The first-order valence-electron chi connectivity index (χ1n) is 12.7. The van der Waals surface area contributed by atoms with E-state index in [9.17, 15) is 4.79 Å². The lowest BCUT2D eigenvalue weighted by molar-refractivity contribution is -0.117. The maximum Gasteiger partial charge on any atom is 0.238 e. The molecule has 1 amide bonds. The molecule has 0 spiro atoms. The Labute approximate surface area is 208 Å². The van der Waals surface area contributed by atoms with E-state index in [4.69, 9.17) is 11.5 Å². The fourth-order valence-electron chi connectivity index (χ4n) is 4.94. The third-order valence-electron chi connectivity index (χ3n) is 7.22. The van der Waals surface area contributed by atoms with Gasteiger partial charge in [-0.05, 0) is 73.7 Å². The highest BCUT2D eigenvalue weighted by molar-refractivity contribution is 5.92. The van der Waals surface area contributed by atoms with Crippen molar-refractivity contribution in [3.05, 3.63) is 66.5 Å². The number of amides is 1. The second kappa shape index (κ2) is 12.0. The van der Waals surface area contributed by atoms with Crippen LogP contribution in [-0.4, -0.2) is 36.7 Å². The molecule has 186 valence electrons. The number of rotatable bonds is 10. The molecule has 7 heteroatoms. The summed E-state index contributed by atoms with van der Waals surface area (Å²) in [6, 6.07) is 15.0. The number of nitrogens with two attached hydrogens (primary N) is 2. The summed E-state index contributed by atoms with van der Waals surface area (Å²) in [6.07, 6.45) is 9.03. The molecule has 7 nitrogen and oxygen atoms in total. The molecule has 1 atom stereocenters. The second-order valence-corrected chi connectivity index (χ2v) is 9.83. The van der Waals surface area contributed by atoms with Gasteiger partial charge < -0.3 is 22.1 Å². The van der Waals surface area contributed by atoms with Crippen molar-refractivity contribution in [2.75, 3.05) is 36.0 Å². The molecule has 1 saturated heterocycles. The van der Waals surface area contributed by atoms with Gasteiger partial charge in [0.05, 0.1) is 6.54 Å². The van der Waals surface area contributed by atoms with E-state index in [0.29, 0.717) is 24.5 Å². The van der Waals surface area contributed by atoms with Crippen molar-refractivity contribution < 1.29 is 4.79 Å². The van der Waals surface area contributed by atoms with Crippen molar-refractivity contribution in [2.45, 2.75) is 44.6 Å². The van der Waals surface area contributed by atoms with Gasteiger partial charge in [0.2, 0.25) is 5.91 Å². The van der Waals surface area contributed by atoms with Gasteiger partial charge in [-0.25, -0.2) is 4.99 Å². The normalized spacial score (nSPS) is 18.2. The number of piperidine rings is 1. The van der Waals surface area contributed by atoms with Gasteiger partial charge in [0.25, 0.3) is 0 Å². The Bertz CT molecular complexity index is 1020. The topological polar surface area (TPSA) is 109 Å². The maximum atomic E-state index is 12.5. The number of nitrogens with zero attached hydrogens (tertiary/aromatic N) is 2. The summed E-state index contributed by atoms with van der Waals surface area (Å²) in [7, 11) is 0. The zero-order chi connectivity index (χ0) is 24.6. The minimum atomic E-state index is -0.194. The Kier molecular flexibility index (Phi) is 8.55. The van der Waals surface area contributed by atoms with E-state index in [1.54, 1.807) is 6.21 Å². The van der Waals surface area contributed by atoms with E-state index in [1.807, 2.05) is 48.5 Å². The van der Waals surface area contributed by atoms with E-state index in [0.717, 1.165) is 41.9 Å². The number of carbonyl (C=O) groups is 1. The zero-order valence-electron chi connectivity index (χ0n) is 20.5. The predicted molar refractivity (Wildman–Crippen MR) is 145 cm³/mol. The minimum Gasteiger partial charge on any atom is -0.399 e. The molecule has 4 rings (SSSR count). The van der Waals surface area contributed by atoms with Crippen molar-refractivity contribution in [1.29, 1.82) is 0 Å². The molecule has 1 unspecified atom stereocenters. The van der Waals surface area contributed by atoms with Crippen molar-refractivity contribution in [1.82, 2.24) is 4.90 Å². The summed E-state index contributed by atoms with van der Waals surface area (Å²) in [4.78, 5) is 19.1. The van der Waals surface area contributed by atoms with Gasteiger partial charge in [-0.3, -0.25) is 9.69 Å². The summed E-state index contributed by atoms with van der Waals surface area (Å²) >= 11 is 0. The first kappa shape index (κ1) is 24.9. The Morgan fingerprint density at radius 2 is 1.77 bits per heavy atom. The minimum absolute atomic E-state index is 0.0439. The van der Waals surface area contributed by atoms with Gasteiger partial charge in [-0.15, -0.1) is 0 Å². The van der Waals surface area contributed by atoms with E-state index in [1.165, 1.54) is 32.1 Å². The van der Waals surface area contributed by atoms with Gasteiger partial charge in [0.1, 0.15) is 5.82 Å². The molecule has 1 heterocycles. The fourth-order valence-corrected chi connectivity index (χ4v) is 4.94. The Hall–Kier alpha value is -3.16. The number of hydrogen-bond donors (Lipinski definition) is 4. The zero-order valence-corrected chi connectivity index (χ0v) is 20.5. The summed E-state index contributed by atoms with van der Waals surface area (Å²) in [6.45, 7) is 6.44. The van der Waals surface area contributed by atoms with Crippen LogP contribution in [0, 0.1) is 11.8 Å². The predicted octanol–water partition coefficient (Wildman–Crippen LogP) is 4.76. The van der Waals surface area contributed by atoms with Gasteiger partial charge in [-0.2, -0.15) is 0 Å². The van der Waals surface area contributed by atoms with Crippen LogP contribution >= 0.6 is 0 Å². The first-order chi connectivity index (χ1) is 17.0. The average Bonchev–Trinajstić information content (AvgIpc) is 2.79. The highest BCUT2D eigenvalue weighted by Gasteiger charge is 2.30. The Morgan fingerprint density at radius 3 is 2.43 bits per heavy atom. The number of anilines is 3. The van der Waals surface area contributed by atoms with Crippen LogP contribution in [0.2, 0.25) is 0 Å². The second-order valence-electron chi connectivity index (χ2n) is 9.83. The van der Waals surface area contributed by atoms with E-state index >= 15 is 0 Å². The number of hydrogen-bond acceptors (Lipinski definition) is 6. The molecule has 35 heavy (non-hydrogen) atoms. The summed E-state index contributed by atoms with van der Waals surface area (Å²) in [5.74, 6) is 2.39. The van der Waals surface area contributed by atoms with E-state index in [-0.39, 0.29) is 11.9 Å². The van der Waals surface area contributed by atoms with Crippen molar-refractivity contribution in [3.8, 4) is 0 Å². The molecule has 2 aliphatic rings. The lowest BCUT2D eigenvalue weighted by atomic mass is 9.72. The van der Waals surface area contributed by atoms with Crippen LogP contribution in [0.15, 0.2) is 65.9 Å². The molecule has 1 aliphatic heterocycles. The third kappa shape index (κ3) is 7.41. The number of carbonyl (C=O) groups excluding carboxylic acids is 1. The van der Waals surface area contributed by atoms with Gasteiger partial charge >= 0.3 is 0 Å². The molecule has 6 N–H and O–H groups in total. The van der Waals surface area contributed by atoms with Crippen molar-refractivity contribution in [3.63, 3.8) is 0 Å². The SMILES string of the molecule is C=C(N=CCC(N)c1ccc(NC(=O)CN2CCC(C3CCC3)CC2)cc1)Nc1cccc(N)c1. The number of nitrogens with one attached hydrogen (secondary N) is 2. The molecule has 2 aromatic rings. The van der Waals surface area contributed by atoms with Crippen LogP contribution in [0.25, 0.3) is 0 Å². The van der Waals surface area contributed by atoms with E-state index in [2.05, 4.69) is 27.1 Å². The number of nitrogen functional groups attached to an aromatic ring is 1. The molecular formula is C28H38N6O. The van der Waals surface area contributed by atoms with Crippen molar-refractivity contribution in [2.24, 2.45) is 22.6 Å². The van der Waals surface area contributed by atoms with Crippen LogP contribution in [0.3, 0.4) is 0 Å². The molecular weight excluding hydrogens is 436 g/mol. The Morgan fingerprint density at radius 1 is 1.06 bits per heavy atom. The van der Waals surface area contributed by atoms with Crippen LogP contribution in [0.1, 0.15) is 50.1 Å². The highest BCUT2D eigenvalue weighted by atomic mass is 16.2. The summed E-state index contributed by atoms with van der Waals surface area (Å²) in [5.41, 5.74) is 15.4. The monoisotopic (exact) mass is 474 g/mol. The van der Waals surface area contributed by atoms with Crippen LogP contribution in [0.4, 0.5) is 17.1 Å². The fraction of sp³-hybridized carbons (Fsp3) is 0.429. The lowest BCUT2D eigenvalue weighted by Gasteiger charge is -2.39. The smallest absolute Gasteiger partial charge is 0.238 e. The molecule has 2 aromatic carbocycles. The molecule has 0 radical (unpaired) electrons. The third-order valence-corrected chi connectivity index (χ3v) is 7.22. The summed E-state index contributed by atoms with van der Waals surface area (Å²) < 4.78 is 0. The quantitative estimate of drug-likeness (QED) is 0.293. The van der Waals surface area contributed by atoms with Crippen LogP contribution in [0.5, 0.6) is 0 Å². The van der Waals surface area contributed by atoms with Crippen LogP contribution < -0.4 is 22.1 Å². The largest absolute Gasteiger partial charge is 0.399 e.